The number of rotatable bonds is 3. The van der Waals surface area contributed by atoms with Gasteiger partial charge in [-0.3, -0.25) is 10.8 Å². The molecule has 2 rings (SSSR count). The summed E-state index contributed by atoms with van der Waals surface area (Å²) in [7, 11) is 0. The van der Waals surface area contributed by atoms with Crippen LogP contribution in [-0.2, 0) is 0 Å². The molecule has 1 aromatic carbocycles. The lowest BCUT2D eigenvalue weighted by molar-refractivity contribution is 0.621. The minimum atomic E-state index is -0.476. The van der Waals surface area contributed by atoms with Crippen LogP contribution in [0.3, 0.4) is 0 Å². The van der Waals surface area contributed by atoms with E-state index >= 15 is 0 Å². The lowest BCUT2D eigenvalue weighted by Gasteiger charge is -2.18. The Kier molecular flexibility index (Phi) is 4.90. The van der Waals surface area contributed by atoms with Crippen molar-refractivity contribution in [2.24, 2.45) is 5.84 Å². The number of nitrogens with two attached hydrogens (primary N) is 1. The van der Waals surface area contributed by atoms with Crippen molar-refractivity contribution in [3.63, 3.8) is 0 Å². The van der Waals surface area contributed by atoms with Crippen molar-refractivity contribution in [1.29, 1.82) is 0 Å². The predicted octanol–water partition coefficient (Wildman–Crippen LogP) is 4.25. The van der Waals surface area contributed by atoms with Gasteiger partial charge in [-0.05, 0) is 17.7 Å². The Morgan fingerprint density at radius 2 is 1.84 bits per heavy atom. The molecule has 0 saturated heterocycles. The second-order valence-electron chi connectivity index (χ2n) is 3.76. The highest BCUT2D eigenvalue weighted by Crippen LogP contribution is 2.34. The molecule has 0 aliphatic carbocycles. The summed E-state index contributed by atoms with van der Waals surface area (Å²) < 4.78 is 0. The zero-order valence-electron chi connectivity index (χ0n) is 9.50. The molecule has 0 saturated carbocycles. The second-order valence-corrected chi connectivity index (χ2v) is 5.39. The summed E-state index contributed by atoms with van der Waals surface area (Å²) in [6, 6.07) is 6.38. The Morgan fingerprint density at radius 1 is 1.11 bits per heavy atom. The first-order chi connectivity index (χ1) is 9.04. The number of benzene rings is 1. The number of pyridine rings is 1. The molecule has 2 aromatic rings. The maximum atomic E-state index is 6.18. The van der Waals surface area contributed by atoms with Crippen LogP contribution in [0.2, 0.25) is 20.1 Å². The van der Waals surface area contributed by atoms with Crippen LogP contribution in [0.5, 0.6) is 0 Å². The van der Waals surface area contributed by atoms with Crippen LogP contribution in [0, 0.1) is 0 Å². The lowest BCUT2D eigenvalue weighted by Crippen LogP contribution is -2.30. The van der Waals surface area contributed by atoms with Gasteiger partial charge in [0.05, 0.1) is 31.8 Å². The summed E-state index contributed by atoms with van der Waals surface area (Å²) in [6.45, 7) is 0. The van der Waals surface area contributed by atoms with Crippen LogP contribution in [0.25, 0.3) is 0 Å². The Bertz CT molecular complexity index is 604. The number of hydrogen-bond donors (Lipinski definition) is 2. The van der Waals surface area contributed by atoms with Gasteiger partial charge in [-0.2, -0.15) is 0 Å². The number of nitrogens with one attached hydrogen (secondary N) is 1. The summed E-state index contributed by atoms with van der Waals surface area (Å²) in [5.41, 5.74) is 3.84. The minimum Gasteiger partial charge on any atom is -0.271 e. The minimum absolute atomic E-state index is 0.395. The van der Waals surface area contributed by atoms with Crippen LogP contribution >= 0.6 is 46.4 Å². The molecular weight excluding hydrogens is 328 g/mol. The molecule has 0 aliphatic heterocycles. The molecule has 1 unspecified atom stereocenters. The standard InChI is InChI=1S/C12H9Cl4N3/c13-6-4-9(15)12(18-5-6)11(19-17)7-2-1-3-8(14)10(7)16/h1-5,11,19H,17H2. The van der Waals surface area contributed by atoms with Gasteiger partial charge in [-0.25, -0.2) is 5.43 Å². The van der Waals surface area contributed by atoms with E-state index in [0.29, 0.717) is 31.3 Å². The molecule has 0 aliphatic rings. The Labute approximate surface area is 130 Å². The summed E-state index contributed by atoms with van der Waals surface area (Å²) in [4.78, 5) is 4.19. The fourth-order valence-electron chi connectivity index (χ4n) is 1.70. The molecule has 0 fully saturated rings. The molecule has 7 heteroatoms. The van der Waals surface area contributed by atoms with E-state index in [1.165, 1.54) is 6.20 Å². The zero-order chi connectivity index (χ0) is 14.0. The molecule has 3 nitrogen and oxygen atoms in total. The quantitative estimate of drug-likeness (QED) is 0.650. The highest BCUT2D eigenvalue weighted by Gasteiger charge is 2.21. The maximum absolute atomic E-state index is 6.18. The molecular formula is C12H9Cl4N3. The molecule has 100 valence electrons. The summed E-state index contributed by atoms with van der Waals surface area (Å²) in [5, 5.41) is 1.68. The topological polar surface area (TPSA) is 50.9 Å². The van der Waals surface area contributed by atoms with Gasteiger partial charge in [-0.1, -0.05) is 58.5 Å². The van der Waals surface area contributed by atoms with E-state index in [0.717, 1.165) is 0 Å². The third-order valence-corrected chi connectivity index (χ3v) is 3.91. The molecule has 0 bridgehead atoms. The van der Waals surface area contributed by atoms with E-state index in [9.17, 15) is 0 Å². The molecule has 0 radical (unpaired) electrons. The molecule has 3 N–H and O–H groups in total. The van der Waals surface area contributed by atoms with Gasteiger partial charge in [0.25, 0.3) is 0 Å². The van der Waals surface area contributed by atoms with Crippen molar-refractivity contribution in [2.75, 3.05) is 0 Å². The van der Waals surface area contributed by atoms with Gasteiger partial charge >= 0.3 is 0 Å². The molecule has 1 heterocycles. The van der Waals surface area contributed by atoms with Crippen LogP contribution in [0.15, 0.2) is 30.5 Å². The van der Waals surface area contributed by atoms with Crippen molar-refractivity contribution in [3.8, 4) is 0 Å². The van der Waals surface area contributed by atoms with Gasteiger partial charge in [-0.15, -0.1) is 0 Å². The summed E-state index contributed by atoms with van der Waals surface area (Å²) in [5.74, 6) is 5.58. The van der Waals surface area contributed by atoms with E-state index < -0.39 is 6.04 Å². The van der Waals surface area contributed by atoms with Gasteiger partial charge < -0.3 is 0 Å². The molecule has 19 heavy (non-hydrogen) atoms. The predicted molar refractivity (Wildman–Crippen MR) is 79.9 cm³/mol. The van der Waals surface area contributed by atoms with Crippen molar-refractivity contribution < 1.29 is 0 Å². The first-order valence-electron chi connectivity index (χ1n) is 5.25. The number of hydrogen-bond acceptors (Lipinski definition) is 3. The highest BCUT2D eigenvalue weighted by molar-refractivity contribution is 6.42. The fraction of sp³-hybridized carbons (Fsp3) is 0.0833. The zero-order valence-corrected chi connectivity index (χ0v) is 12.5. The summed E-state index contributed by atoms with van der Waals surface area (Å²) in [6.07, 6.45) is 1.49. The normalized spacial score (nSPS) is 12.5. The first kappa shape index (κ1) is 14.9. The number of aromatic nitrogens is 1. The summed E-state index contributed by atoms with van der Waals surface area (Å²) >= 11 is 24.1. The Morgan fingerprint density at radius 3 is 2.47 bits per heavy atom. The van der Waals surface area contributed by atoms with E-state index in [2.05, 4.69) is 10.4 Å². The van der Waals surface area contributed by atoms with E-state index in [1.807, 2.05) is 0 Å². The molecule has 1 aromatic heterocycles. The van der Waals surface area contributed by atoms with Crippen LogP contribution in [0.4, 0.5) is 0 Å². The molecule has 1 atom stereocenters. The van der Waals surface area contributed by atoms with Crippen molar-refractivity contribution in [3.05, 3.63) is 61.8 Å². The lowest BCUT2D eigenvalue weighted by atomic mass is 10.0. The van der Waals surface area contributed by atoms with E-state index in [-0.39, 0.29) is 0 Å². The average Bonchev–Trinajstić information content (AvgIpc) is 2.37. The third-order valence-electron chi connectivity index (χ3n) is 2.57. The number of hydrazine groups is 1. The third kappa shape index (κ3) is 3.14. The van der Waals surface area contributed by atoms with Crippen molar-refractivity contribution in [1.82, 2.24) is 10.4 Å². The first-order valence-corrected chi connectivity index (χ1v) is 6.76. The van der Waals surface area contributed by atoms with Crippen LogP contribution in [-0.4, -0.2) is 4.98 Å². The fourth-order valence-corrected chi connectivity index (χ4v) is 2.60. The van der Waals surface area contributed by atoms with Crippen molar-refractivity contribution >= 4 is 46.4 Å². The Balaban J connectivity index is 2.53. The molecule has 0 amide bonds. The largest absolute Gasteiger partial charge is 0.271 e. The highest BCUT2D eigenvalue weighted by atomic mass is 35.5. The Hall–Kier alpha value is -0.550. The van der Waals surface area contributed by atoms with Gasteiger partial charge in [0.1, 0.15) is 0 Å². The smallest absolute Gasteiger partial charge is 0.0911 e. The van der Waals surface area contributed by atoms with Crippen LogP contribution < -0.4 is 11.3 Å². The van der Waals surface area contributed by atoms with Gasteiger partial charge in [0.2, 0.25) is 0 Å². The van der Waals surface area contributed by atoms with E-state index in [1.54, 1.807) is 24.3 Å². The maximum Gasteiger partial charge on any atom is 0.0911 e. The van der Waals surface area contributed by atoms with Gasteiger partial charge in [0.15, 0.2) is 0 Å². The molecule has 0 spiro atoms. The SMILES string of the molecule is NNC(c1cccc(Cl)c1Cl)c1ncc(Cl)cc1Cl. The van der Waals surface area contributed by atoms with E-state index in [4.69, 9.17) is 52.2 Å². The second kappa shape index (κ2) is 6.27. The average molecular weight is 337 g/mol. The van der Waals surface area contributed by atoms with Crippen molar-refractivity contribution in [2.45, 2.75) is 6.04 Å². The van der Waals surface area contributed by atoms with Crippen LogP contribution in [0.1, 0.15) is 17.3 Å². The number of halogens is 4. The number of nitrogens with zero attached hydrogens (tertiary/aromatic N) is 1. The van der Waals surface area contributed by atoms with Gasteiger partial charge in [0, 0.05) is 6.20 Å². The monoisotopic (exact) mass is 335 g/mol.